The largest absolute Gasteiger partial charge is 0.326 e. The van der Waals surface area contributed by atoms with Gasteiger partial charge < -0.3 is 10.6 Å². The van der Waals surface area contributed by atoms with Gasteiger partial charge in [0.1, 0.15) is 0 Å². The summed E-state index contributed by atoms with van der Waals surface area (Å²) in [6.45, 7) is 0. The molecule has 0 atom stereocenters. The van der Waals surface area contributed by atoms with Crippen LogP contribution in [-0.4, -0.2) is 22.0 Å². The second-order valence-electron chi connectivity index (χ2n) is 4.16. The molecule has 0 spiro atoms. The summed E-state index contributed by atoms with van der Waals surface area (Å²) in [4.78, 5) is 23.2. The number of amides is 2. The second-order valence-corrected chi connectivity index (χ2v) is 4.16. The third-order valence-electron chi connectivity index (χ3n) is 2.81. The van der Waals surface area contributed by atoms with E-state index in [1.165, 1.54) is 6.20 Å². The molecule has 94 valence electrons. The van der Waals surface area contributed by atoms with Crippen LogP contribution in [0.4, 0.5) is 11.5 Å². The van der Waals surface area contributed by atoms with Crippen LogP contribution in [0.2, 0.25) is 0 Å². The van der Waals surface area contributed by atoms with Crippen molar-refractivity contribution in [2.45, 2.75) is 6.42 Å². The van der Waals surface area contributed by atoms with Gasteiger partial charge in [-0.15, -0.1) is 5.10 Å². The highest BCUT2D eigenvalue weighted by Crippen LogP contribution is 2.24. The van der Waals surface area contributed by atoms with Gasteiger partial charge in [0, 0.05) is 17.4 Å². The number of rotatable bonds is 2. The zero-order valence-corrected chi connectivity index (χ0v) is 9.88. The number of hydrogen-bond acceptors (Lipinski definition) is 4. The Morgan fingerprint density at radius 1 is 1.32 bits per heavy atom. The fraction of sp³-hybridized carbons (Fsp3) is 0.0769. The monoisotopic (exact) mass is 254 g/mol. The number of anilines is 2. The molecule has 2 amide bonds. The van der Waals surface area contributed by atoms with Crippen LogP contribution in [0.3, 0.4) is 0 Å². The van der Waals surface area contributed by atoms with Crippen molar-refractivity contribution in [1.29, 1.82) is 0 Å². The Morgan fingerprint density at radius 3 is 3.00 bits per heavy atom. The van der Waals surface area contributed by atoms with Gasteiger partial charge in [0.15, 0.2) is 5.82 Å². The summed E-state index contributed by atoms with van der Waals surface area (Å²) in [5.74, 6) is 0.0444. The summed E-state index contributed by atoms with van der Waals surface area (Å²) in [5, 5.41) is 12.8. The van der Waals surface area contributed by atoms with Crippen molar-refractivity contribution in [2.75, 3.05) is 10.6 Å². The van der Waals surface area contributed by atoms with E-state index in [9.17, 15) is 9.59 Å². The fourth-order valence-corrected chi connectivity index (χ4v) is 1.91. The number of nitrogens with one attached hydrogen (secondary N) is 2. The number of carbonyl (C=O) groups is 2. The molecule has 2 heterocycles. The normalized spacial score (nSPS) is 12.7. The van der Waals surface area contributed by atoms with Gasteiger partial charge in [-0.25, -0.2) is 0 Å². The molecule has 6 heteroatoms. The molecule has 0 radical (unpaired) electrons. The number of aromatic nitrogens is 2. The molecule has 19 heavy (non-hydrogen) atoms. The Morgan fingerprint density at radius 2 is 2.21 bits per heavy atom. The van der Waals surface area contributed by atoms with Crippen molar-refractivity contribution in [2.24, 2.45) is 0 Å². The van der Waals surface area contributed by atoms with E-state index < -0.39 is 0 Å². The van der Waals surface area contributed by atoms with Crippen molar-refractivity contribution in [3.05, 3.63) is 47.7 Å². The van der Waals surface area contributed by atoms with E-state index in [-0.39, 0.29) is 11.8 Å². The molecule has 3 rings (SSSR count). The molecule has 6 nitrogen and oxygen atoms in total. The molecule has 0 saturated carbocycles. The topological polar surface area (TPSA) is 84.0 Å². The minimum Gasteiger partial charge on any atom is -0.326 e. The van der Waals surface area contributed by atoms with Gasteiger partial charge >= 0.3 is 0 Å². The van der Waals surface area contributed by atoms with Crippen LogP contribution < -0.4 is 10.6 Å². The number of nitrogens with zero attached hydrogens (tertiary/aromatic N) is 2. The lowest BCUT2D eigenvalue weighted by atomic mass is 10.1. The van der Waals surface area contributed by atoms with Gasteiger partial charge in [-0.1, -0.05) is 6.07 Å². The maximum Gasteiger partial charge on any atom is 0.256 e. The maximum atomic E-state index is 12.0. The van der Waals surface area contributed by atoms with Crippen LogP contribution >= 0.6 is 0 Å². The SMILES string of the molecule is O=C1Cc2ccc(C(=O)Nc3cccnn3)cc2N1. The molecule has 1 aromatic carbocycles. The first kappa shape index (κ1) is 11.3. The van der Waals surface area contributed by atoms with E-state index in [1.807, 2.05) is 0 Å². The van der Waals surface area contributed by atoms with Gasteiger partial charge in [-0.3, -0.25) is 9.59 Å². The average molecular weight is 254 g/mol. The minimum absolute atomic E-state index is 0.0542. The minimum atomic E-state index is -0.288. The van der Waals surface area contributed by atoms with Crippen molar-refractivity contribution in [3.8, 4) is 0 Å². The number of hydrogen-bond donors (Lipinski definition) is 2. The second kappa shape index (κ2) is 4.49. The first-order valence-electron chi connectivity index (χ1n) is 5.74. The Balaban J connectivity index is 1.82. The fourth-order valence-electron chi connectivity index (χ4n) is 1.91. The van der Waals surface area contributed by atoms with E-state index in [4.69, 9.17) is 0 Å². The molecule has 2 aromatic rings. The lowest BCUT2D eigenvalue weighted by Gasteiger charge is -2.05. The van der Waals surface area contributed by atoms with Gasteiger partial charge in [-0.05, 0) is 29.8 Å². The van der Waals surface area contributed by atoms with E-state index in [0.29, 0.717) is 23.5 Å². The molecule has 0 unspecified atom stereocenters. The number of carbonyl (C=O) groups excluding carboxylic acids is 2. The van der Waals surface area contributed by atoms with Crippen LogP contribution in [0.1, 0.15) is 15.9 Å². The molecule has 0 aliphatic carbocycles. The van der Waals surface area contributed by atoms with Crippen molar-refractivity contribution < 1.29 is 9.59 Å². The number of benzene rings is 1. The Kier molecular flexibility index (Phi) is 2.68. The van der Waals surface area contributed by atoms with Gasteiger partial charge in [0.25, 0.3) is 5.91 Å². The van der Waals surface area contributed by atoms with Crippen LogP contribution in [0.15, 0.2) is 36.5 Å². The molecule has 1 aliphatic rings. The summed E-state index contributed by atoms with van der Waals surface area (Å²) in [5.41, 5.74) is 2.06. The first-order chi connectivity index (χ1) is 9.22. The average Bonchev–Trinajstić information content (AvgIpc) is 2.78. The molecule has 1 aromatic heterocycles. The molecule has 0 saturated heterocycles. The van der Waals surface area contributed by atoms with E-state index in [1.54, 1.807) is 30.3 Å². The molecule has 1 aliphatic heterocycles. The van der Waals surface area contributed by atoms with E-state index >= 15 is 0 Å². The summed E-state index contributed by atoms with van der Waals surface area (Å²) in [6, 6.07) is 8.46. The highest BCUT2D eigenvalue weighted by Gasteiger charge is 2.19. The maximum absolute atomic E-state index is 12.0. The van der Waals surface area contributed by atoms with Crippen LogP contribution in [0.25, 0.3) is 0 Å². The highest BCUT2D eigenvalue weighted by molar-refractivity contribution is 6.06. The molecule has 0 fully saturated rings. The van der Waals surface area contributed by atoms with Crippen molar-refractivity contribution in [1.82, 2.24) is 10.2 Å². The third kappa shape index (κ3) is 2.28. The Bertz CT molecular complexity index is 655. The van der Waals surface area contributed by atoms with Crippen molar-refractivity contribution in [3.63, 3.8) is 0 Å². The Hall–Kier alpha value is -2.76. The zero-order valence-electron chi connectivity index (χ0n) is 9.88. The van der Waals surface area contributed by atoms with Gasteiger partial charge in [0.2, 0.25) is 5.91 Å². The summed E-state index contributed by atoms with van der Waals surface area (Å²) < 4.78 is 0. The zero-order chi connectivity index (χ0) is 13.2. The summed E-state index contributed by atoms with van der Waals surface area (Å²) in [7, 11) is 0. The third-order valence-corrected chi connectivity index (χ3v) is 2.81. The quantitative estimate of drug-likeness (QED) is 0.844. The summed E-state index contributed by atoms with van der Waals surface area (Å²) >= 11 is 0. The van der Waals surface area contributed by atoms with E-state index in [0.717, 1.165) is 5.56 Å². The lowest BCUT2D eigenvalue weighted by Crippen LogP contribution is -2.13. The summed E-state index contributed by atoms with van der Waals surface area (Å²) in [6.07, 6.45) is 1.89. The van der Waals surface area contributed by atoms with E-state index in [2.05, 4.69) is 20.8 Å². The Labute approximate surface area is 108 Å². The van der Waals surface area contributed by atoms with Crippen LogP contribution in [0.5, 0.6) is 0 Å². The van der Waals surface area contributed by atoms with Gasteiger partial charge in [0.05, 0.1) is 6.42 Å². The number of fused-ring (bicyclic) bond motifs is 1. The standard InChI is InChI=1S/C13H10N4O2/c18-12-7-8-3-4-9(6-10(8)15-12)13(19)16-11-2-1-5-14-17-11/h1-6H,7H2,(H,15,18)(H,16,17,19). The highest BCUT2D eigenvalue weighted by atomic mass is 16.2. The smallest absolute Gasteiger partial charge is 0.256 e. The molecule has 2 N–H and O–H groups in total. The van der Waals surface area contributed by atoms with Crippen LogP contribution in [-0.2, 0) is 11.2 Å². The predicted molar refractivity (Wildman–Crippen MR) is 68.8 cm³/mol. The lowest BCUT2D eigenvalue weighted by molar-refractivity contribution is -0.115. The molecule has 0 bridgehead atoms. The van der Waals surface area contributed by atoms with Crippen LogP contribution in [0, 0.1) is 0 Å². The van der Waals surface area contributed by atoms with Gasteiger partial charge in [-0.2, -0.15) is 5.10 Å². The molecular weight excluding hydrogens is 244 g/mol. The molecular formula is C13H10N4O2. The first-order valence-corrected chi connectivity index (χ1v) is 5.74. The predicted octanol–water partition coefficient (Wildman–Crippen LogP) is 1.22. The van der Waals surface area contributed by atoms with Crippen molar-refractivity contribution >= 4 is 23.3 Å².